The number of ether oxygens (including phenoxy) is 1. The van der Waals surface area contributed by atoms with Gasteiger partial charge >= 0.3 is 5.97 Å². The van der Waals surface area contributed by atoms with E-state index < -0.39 is 11.9 Å². The molecule has 0 saturated heterocycles. The number of rotatable bonds is 6. The van der Waals surface area contributed by atoms with E-state index in [1.807, 2.05) is 0 Å². The fraction of sp³-hybridized carbons (Fsp3) is 0.0526. The predicted molar refractivity (Wildman–Crippen MR) is 106 cm³/mol. The summed E-state index contributed by atoms with van der Waals surface area (Å²) in [6.07, 6.45) is 5.64. The molecule has 0 aliphatic carbocycles. The van der Waals surface area contributed by atoms with Crippen molar-refractivity contribution in [2.24, 2.45) is 5.10 Å². The van der Waals surface area contributed by atoms with Gasteiger partial charge in [0.1, 0.15) is 11.5 Å². The summed E-state index contributed by atoms with van der Waals surface area (Å²) in [4.78, 5) is 24.0. The number of nitrogens with zero attached hydrogens (tertiary/aromatic N) is 2. The summed E-state index contributed by atoms with van der Waals surface area (Å²) < 4.78 is 11.2. The molecule has 0 saturated carbocycles. The van der Waals surface area contributed by atoms with Gasteiger partial charge in [0, 0.05) is 21.8 Å². The average Bonchev–Trinajstić information content (AvgIpc) is 3.33. The van der Waals surface area contributed by atoms with E-state index >= 15 is 0 Å². The van der Waals surface area contributed by atoms with Gasteiger partial charge in [-0.05, 0) is 49.4 Å². The topological polar surface area (TPSA) is 110 Å². The Hall–Kier alpha value is -3.46. The first kappa shape index (κ1) is 19.3. The molecule has 2 N–H and O–H groups in total. The van der Waals surface area contributed by atoms with Crippen molar-refractivity contribution in [2.75, 3.05) is 0 Å². The zero-order chi connectivity index (χ0) is 19.9. The summed E-state index contributed by atoms with van der Waals surface area (Å²) in [5.41, 5.74) is 3.85. The Balaban J connectivity index is 1.68. The van der Waals surface area contributed by atoms with Gasteiger partial charge in [-0.2, -0.15) is 10.2 Å². The molecule has 1 aromatic carbocycles. The number of aromatic amines is 1. The number of hydrogen-bond acceptors (Lipinski definition) is 6. The second-order valence-corrected chi connectivity index (χ2v) is 6.50. The Labute approximate surface area is 168 Å². The van der Waals surface area contributed by atoms with Crippen LogP contribution in [0.5, 0.6) is 5.75 Å². The van der Waals surface area contributed by atoms with Gasteiger partial charge in [0.2, 0.25) is 0 Å². The van der Waals surface area contributed by atoms with E-state index in [0.717, 1.165) is 10.2 Å². The molecule has 0 aliphatic rings. The van der Waals surface area contributed by atoms with Gasteiger partial charge in [-0.1, -0.05) is 15.9 Å². The highest BCUT2D eigenvalue weighted by Gasteiger charge is 2.09. The summed E-state index contributed by atoms with van der Waals surface area (Å²) in [6, 6.07) is 10.1. The van der Waals surface area contributed by atoms with Crippen LogP contribution in [-0.2, 0) is 4.79 Å². The van der Waals surface area contributed by atoms with E-state index in [1.165, 1.54) is 24.6 Å². The molecule has 0 bridgehead atoms. The van der Waals surface area contributed by atoms with Crippen LogP contribution in [0.4, 0.5) is 0 Å². The van der Waals surface area contributed by atoms with Crippen LogP contribution in [-0.4, -0.2) is 28.3 Å². The molecule has 8 nitrogen and oxygen atoms in total. The number of aryl methyl sites for hydroxylation is 1. The van der Waals surface area contributed by atoms with Gasteiger partial charge in [-0.3, -0.25) is 9.89 Å². The Morgan fingerprint density at radius 3 is 2.89 bits per heavy atom. The quantitative estimate of drug-likeness (QED) is 0.199. The van der Waals surface area contributed by atoms with E-state index in [9.17, 15) is 9.59 Å². The largest absolute Gasteiger partial charge is 0.465 e. The van der Waals surface area contributed by atoms with Crippen molar-refractivity contribution >= 4 is 40.1 Å². The lowest BCUT2D eigenvalue weighted by Gasteiger charge is -2.06. The van der Waals surface area contributed by atoms with Gasteiger partial charge in [0.25, 0.3) is 5.91 Å². The lowest BCUT2D eigenvalue weighted by molar-refractivity contribution is -0.128. The molecule has 3 aromatic rings. The Morgan fingerprint density at radius 2 is 2.18 bits per heavy atom. The Morgan fingerprint density at radius 1 is 1.32 bits per heavy atom. The maximum atomic E-state index is 12.0. The molecule has 0 spiro atoms. The van der Waals surface area contributed by atoms with Crippen LogP contribution in [0.2, 0.25) is 0 Å². The second-order valence-electron chi connectivity index (χ2n) is 5.59. The van der Waals surface area contributed by atoms with E-state index in [1.54, 1.807) is 43.3 Å². The molecule has 0 aliphatic heterocycles. The van der Waals surface area contributed by atoms with Crippen molar-refractivity contribution in [3.63, 3.8) is 0 Å². The molecule has 9 heteroatoms. The lowest BCUT2D eigenvalue weighted by Crippen LogP contribution is -2.18. The maximum absolute atomic E-state index is 12.0. The standard InChI is InChI=1S/C19H15BrN4O4/c1-12-9-16(23-22-12)19(26)24-21-11-13-10-14(20)4-6-17(13)28-18(25)7-5-15-3-2-8-27-15/h2-11H,1H3,(H,22,23)(H,24,26)/b7-5+,21-11+. The number of amides is 1. The van der Waals surface area contributed by atoms with Gasteiger partial charge in [-0.25, -0.2) is 10.2 Å². The number of hydrazone groups is 1. The summed E-state index contributed by atoms with van der Waals surface area (Å²) in [5.74, 6) is -0.225. The number of aromatic nitrogens is 2. The van der Waals surface area contributed by atoms with E-state index in [4.69, 9.17) is 9.15 Å². The highest BCUT2D eigenvalue weighted by molar-refractivity contribution is 9.10. The number of hydrogen-bond donors (Lipinski definition) is 2. The number of halogens is 1. The van der Waals surface area contributed by atoms with Crippen LogP contribution < -0.4 is 10.2 Å². The third-order valence-electron chi connectivity index (χ3n) is 3.42. The van der Waals surface area contributed by atoms with Crippen LogP contribution in [0, 0.1) is 6.92 Å². The number of nitrogens with one attached hydrogen (secondary N) is 2. The molecule has 0 fully saturated rings. The van der Waals surface area contributed by atoms with Crippen LogP contribution >= 0.6 is 15.9 Å². The van der Waals surface area contributed by atoms with Crippen molar-refractivity contribution in [1.82, 2.24) is 15.6 Å². The van der Waals surface area contributed by atoms with Crippen molar-refractivity contribution in [2.45, 2.75) is 6.92 Å². The number of carbonyl (C=O) groups is 2. The van der Waals surface area contributed by atoms with E-state index in [2.05, 4.69) is 36.7 Å². The van der Waals surface area contributed by atoms with Gasteiger partial charge < -0.3 is 9.15 Å². The number of esters is 1. The predicted octanol–water partition coefficient (Wildman–Crippen LogP) is 3.46. The molecule has 28 heavy (non-hydrogen) atoms. The minimum atomic E-state index is -0.579. The maximum Gasteiger partial charge on any atom is 0.336 e. The zero-order valence-electron chi connectivity index (χ0n) is 14.7. The lowest BCUT2D eigenvalue weighted by atomic mass is 10.2. The first-order chi connectivity index (χ1) is 13.5. The van der Waals surface area contributed by atoms with Crippen molar-refractivity contribution < 1.29 is 18.7 Å². The average molecular weight is 443 g/mol. The molecule has 3 rings (SSSR count). The number of furan rings is 1. The van der Waals surface area contributed by atoms with Crippen LogP contribution in [0.15, 0.2) is 62.7 Å². The van der Waals surface area contributed by atoms with Crippen LogP contribution in [0.3, 0.4) is 0 Å². The molecule has 0 unspecified atom stereocenters. The number of benzene rings is 1. The Kier molecular flexibility index (Phi) is 6.18. The normalized spacial score (nSPS) is 11.2. The second kappa shape index (κ2) is 8.96. The summed E-state index contributed by atoms with van der Waals surface area (Å²) in [6.45, 7) is 1.79. The fourth-order valence-corrected chi connectivity index (χ4v) is 2.52. The highest BCUT2D eigenvalue weighted by Crippen LogP contribution is 2.22. The first-order valence-corrected chi connectivity index (χ1v) is 8.89. The number of carbonyl (C=O) groups excluding carboxylic acids is 2. The molecule has 0 atom stereocenters. The van der Waals surface area contributed by atoms with E-state index in [0.29, 0.717) is 11.3 Å². The summed E-state index contributed by atoms with van der Waals surface area (Å²) in [5, 5.41) is 10.4. The summed E-state index contributed by atoms with van der Waals surface area (Å²) in [7, 11) is 0. The highest BCUT2D eigenvalue weighted by atomic mass is 79.9. The minimum absolute atomic E-state index is 0.221. The number of H-pyrrole nitrogens is 1. The van der Waals surface area contributed by atoms with Gasteiger partial charge in [-0.15, -0.1) is 0 Å². The Bertz CT molecular complexity index is 1040. The molecule has 1 amide bonds. The monoisotopic (exact) mass is 442 g/mol. The molecule has 0 radical (unpaired) electrons. The SMILES string of the molecule is Cc1cc(C(=O)N/N=C/c2cc(Br)ccc2OC(=O)/C=C/c2ccco2)n[nH]1. The van der Waals surface area contributed by atoms with E-state index in [-0.39, 0.29) is 11.4 Å². The molecular weight excluding hydrogens is 428 g/mol. The first-order valence-electron chi connectivity index (χ1n) is 8.09. The van der Waals surface area contributed by atoms with Crippen molar-refractivity contribution in [3.8, 4) is 5.75 Å². The van der Waals surface area contributed by atoms with Crippen LogP contribution in [0.25, 0.3) is 6.08 Å². The summed E-state index contributed by atoms with van der Waals surface area (Å²) >= 11 is 3.35. The van der Waals surface area contributed by atoms with Gasteiger partial charge in [0.15, 0.2) is 5.69 Å². The van der Waals surface area contributed by atoms with Crippen molar-refractivity contribution in [3.05, 3.63) is 75.9 Å². The molecule has 2 heterocycles. The third kappa shape index (κ3) is 5.27. The zero-order valence-corrected chi connectivity index (χ0v) is 16.3. The van der Waals surface area contributed by atoms with Crippen LogP contribution in [0.1, 0.15) is 27.5 Å². The molecular formula is C19H15BrN4O4. The molecule has 142 valence electrons. The van der Waals surface area contributed by atoms with Gasteiger partial charge in [0.05, 0.1) is 12.5 Å². The fourth-order valence-electron chi connectivity index (χ4n) is 2.14. The minimum Gasteiger partial charge on any atom is -0.465 e. The van der Waals surface area contributed by atoms with Crippen molar-refractivity contribution in [1.29, 1.82) is 0 Å². The third-order valence-corrected chi connectivity index (χ3v) is 3.91. The molecule has 2 aromatic heterocycles. The smallest absolute Gasteiger partial charge is 0.336 e.